The van der Waals surface area contributed by atoms with Crippen LogP contribution in [0.5, 0.6) is 0 Å². The Labute approximate surface area is 96.6 Å². The average molecular weight is 274 g/mol. The normalized spacial score (nSPS) is 25.5. The average Bonchev–Trinajstić information content (AvgIpc) is 2.59. The number of hydrogen-bond acceptors (Lipinski definition) is 2. The second-order valence-corrected chi connectivity index (χ2v) is 4.73. The Balaban J connectivity index is 2.07. The zero-order valence-electron chi connectivity index (χ0n) is 8.21. The molecule has 82 valence electrons. The molecule has 1 aliphatic carbocycles. The van der Waals surface area contributed by atoms with Gasteiger partial charge in [0.2, 0.25) is 0 Å². The van der Waals surface area contributed by atoms with E-state index in [0.29, 0.717) is 4.47 Å². The van der Waals surface area contributed by atoms with Crippen molar-refractivity contribution in [1.82, 2.24) is 0 Å². The standard InChI is InChI=1S/C11H13BrFNO/c12-8-5-4-7(6-9(8)13)14-10-2-1-3-11(10)15/h4-6,10-11,14-15H,1-3H2. The summed E-state index contributed by atoms with van der Waals surface area (Å²) in [4.78, 5) is 0. The summed E-state index contributed by atoms with van der Waals surface area (Å²) in [7, 11) is 0. The Morgan fingerprint density at radius 3 is 2.80 bits per heavy atom. The van der Waals surface area contributed by atoms with E-state index in [2.05, 4.69) is 21.2 Å². The summed E-state index contributed by atoms with van der Waals surface area (Å²) in [5.41, 5.74) is 0.724. The Bertz CT molecular complexity index is 358. The van der Waals surface area contributed by atoms with E-state index < -0.39 is 0 Å². The van der Waals surface area contributed by atoms with E-state index in [1.54, 1.807) is 12.1 Å². The molecule has 1 aromatic rings. The summed E-state index contributed by atoms with van der Waals surface area (Å²) in [6.07, 6.45) is 2.49. The minimum atomic E-state index is -0.309. The molecule has 0 saturated heterocycles. The van der Waals surface area contributed by atoms with Gasteiger partial charge in [0.15, 0.2) is 0 Å². The first-order valence-electron chi connectivity index (χ1n) is 5.06. The lowest BCUT2D eigenvalue weighted by molar-refractivity contribution is 0.172. The molecule has 2 N–H and O–H groups in total. The minimum Gasteiger partial charge on any atom is -0.391 e. The van der Waals surface area contributed by atoms with Gasteiger partial charge < -0.3 is 10.4 Å². The van der Waals surface area contributed by atoms with Gasteiger partial charge in [-0.15, -0.1) is 0 Å². The quantitative estimate of drug-likeness (QED) is 0.869. The molecule has 0 aromatic heterocycles. The molecule has 2 atom stereocenters. The van der Waals surface area contributed by atoms with Gasteiger partial charge in [-0.05, 0) is 53.4 Å². The van der Waals surface area contributed by atoms with E-state index in [9.17, 15) is 9.50 Å². The summed E-state index contributed by atoms with van der Waals surface area (Å²) in [6.45, 7) is 0. The molecular formula is C11H13BrFNO. The van der Waals surface area contributed by atoms with Crippen LogP contribution in [-0.2, 0) is 0 Å². The lowest BCUT2D eigenvalue weighted by atomic mass is 10.2. The molecule has 0 spiro atoms. The maximum absolute atomic E-state index is 13.2. The van der Waals surface area contributed by atoms with E-state index >= 15 is 0 Å². The van der Waals surface area contributed by atoms with Crippen LogP contribution in [0.2, 0.25) is 0 Å². The number of halogens is 2. The number of rotatable bonds is 2. The molecule has 0 heterocycles. The smallest absolute Gasteiger partial charge is 0.139 e. The first-order valence-corrected chi connectivity index (χ1v) is 5.86. The van der Waals surface area contributed by atoms with Crippen molar-refractivity contribution in [2.24, 2.45) is 0 Å². The molecule has 2 rings (SSSR count). The zero-order valence-corrected chi connectivity index (χ0v) is 9.80. The van der Waals surface area contributed by atoms with Crippen molar-refractivity contribution >= 4 is 21.6 Å². The molecule has 1 saturated carbocycles. The molecular weight excluding hydrogens is 261 g/mol. The Kier molecular flexibility index (Phi) is 3.26. The molecule has 0 radical (unpaired) electrons. The largest absolute Gasteiger partial charge is 0.391 e. The van der Waals surface area contributed by atoms with Gasteiger partial charge >= 0.3 is 0 Å². The van der Waals surface area contributed by atoms with E-state index in [-0.39, 0.29) is 18.0 Å². The van der Waals surface area contributed by atoms with Gasteiger partial charge in [-0.2, -0.15) is 0 Å². The number of anilines is 1. The topological polar surface area (TPSA) is 32.3 Å². The fourth-order valence-corrected chi connectivity index (χ4v) is 2.16. The molecule has 0 bridgehead atoms. The molecule has 2 nitrogen and oxygen atoms in total. The van der Waals surface area contributed by atoms with Crippen molar-refractivity contribution in [3.63, 3.8) is 0 Å². The van der Waals surface area contributed by atoms with E-state index in [1.165, 1.54) is 6.07 Å². The van der Waals surface area contributed by atoms with Gasteiger partial charge in [0.1, 0.15) is 5.82 Å². The van der Waals surface area contributed by atoms with Gasteiger partial charge in [-0.3, -0.25) is 0 Å². The number of nitrogens with one attached hydrogen (secondary N) is 1. The van der Waals surface area contributed by atoms with E-state index in [1.807, 2.05) is 0 Å². The number of benzene rings is 1. The van der Waals surface area contributed by atoms with Crippen LogP contribution < -0.4 is 5.32 Å². The predicted molar refractivity (Wildman–Crippen MR) is 61.4 cm³/mol. The van der Waals surface area contributed by atoms with Crippen molar-refractivity contribution in [2.75, 3.05) is 5.32 Å². The fourth-order valence-electron chi connectivity index (χ4n) is 1.91. The Hall–Kier alpha value is -0.610. The van der Waals surface area contributed by atoms with E-state index in [4.69, 9.17) is 0 Å². The first kappa shape index (κ1) is 10.9. The molecule has 4 heteroatoms. The highest BCUT2D eigenvalue weighted by Crippen LogP contribution is 2.25. The lowest BCUT2D eigenvalue weighted by Gasteiger charge is -2.17. The van der Waals surface area contributed by atoms with Crippen molar-refractivity contribution in [2.45, 2.75) is 31.4 Å². The van der Waals surface area contributed by atoms with Gasteiger partial charge in [0.05, 0.1) is 16.6 Å². The maximum atomic E-state index is 13.2. The molecule has 0 aliphatic heterocycles. The molecule has 1 aliphatic rings. The fraction of sp³-hybridized carbons (Fsp3) is 0.455. The van der Waals surface area contributed by atoms with Crippen molar-refractivity contribution in [1.29, 1.82) is 0 Å². The maximum Gasteiger partial charge on any atom is 0.139 e. The summed E-state index contributed by atoms with van der Waals surface area (Å²) in [6, 6.07) is 4.97. The Morgan fingerprint density at radius 2 is 2.20 bits per heavy atom. The monoisotopic (exact) mass is 273 g/mol. The molecule has 2 unspecified atom stereocenters. The zero-order chi connectivity index (χ0) is 10.8. The second kappa shape index (κ2) is 4.49. The minimum absolute atomic E-state index is 0.0607. The van der Waals surface area contributed by atoms with Crippen molar-refractivity contribution in [3.05, 3.63) is 28.5 Å². The van der Waals surface area contributed by atoms with Gasteiger partial charge in [-0.1, -0.05) is 0 Å². The number of aliphatic hydroxyl groups is 1. The highest BCUT2D eigenvalue weighted by atomic mass is 79.9. The summed E-state index contributed by atoms with van der Waals surface area (Å²) < 4.78 is 13.7. The van der Waals surface area contributed by atoms with Crippen LogP contribution in [0.3, 0.4) is 0 Å². The summed E-state index contributed by atoms with van der Waals surface area (Å²) in [5.74, 6) is -0.285. The van der Waals surface area contributed by atoms with Crippen LogP contribution >= 0.6 is 15.9 Å². The third kappa shape index (κ3) is 2.49. The third-order valence-corrected chi connectivity index (χ3v) is 3.39. The third-order valence-electron chi connectivity index (χ3n) is 2.75. The number of aliphatic hydroxyl groups excluding tert-OH is 1. The van der Waals surface area contributed by atoms with Crippen LogP contribution in [0.1, 0.15) is 19.3 Å². The molecule has 1 aromatic carbocycles. The SMILES string of the molecule is OC1CCCC1Nc1ccc(Br)c(F)c1. The van der Waals surface area contributed by atoms with Crippen LogP contribution in [0, 0.1) is 5.82 Å². The lowest BCUT2D eigenvalue weighted by Crippen LogP contribution is -2.27. The van der Waals surface area contributed by atoms with E-state index in [0.717, 1.165) is 24.9 Å². The Morgan fingerprint density at radius 1 is 1.40 bits per heavy atom. The van der Waals surface area contributed by atoms with Gasteiger partial charge in [0, 0.05) is 5.69 Å². The summed E-state index contributed by atoms with van der Waals surface area (Å²) >= 11 is 3.10. The highest BCUT2D eigenvalue weighted by Gasteiger charge is 2.24. The van der Waals surface area contributed by atoms with Crippen LogP contribution in [0.25, 0.3) is 0 Å². The first-order chi connectivity index (χ1) is 7.16. The van der Waals surface area contributed by atoms with Crippen molar-refractivity contribution in [3.8, 4) is 0 Å². The predicted octanol–water partition coefficient (Wildman–Crippen LogP) is 2.91. The van der Waals surface area contributed by atoms with Crippen LogP contribution in [-0.4, -0.2) is 17.3 Å². The summed E-state index contributed by atoms with van der Waals surface area (Å²) in [5, 5.41) is 12.8. The number of hydrogen-bond donors (Lipinski definition) is 2. The van der Waals surface area contributed by atoms with Gasteiger partial charge in [0.25, 0.3) is 0 Å². The highest BCUT2D eigenvalue weighted by molar-refractivity contribution is 9.10. The van der Waals surface area contributed by atoms with Crippen LogP contribution in [0.15, 0.2) is 22.7 Å². The second-order valence-electron chi connectivity index (χ2n) is 3.88. The van der Waals surface area contributed by atoms with Crippen LogP contribution in [0.4, 0.5) is 10.1 Å². The van der Waals surface area contributed by atoms with Gasteiger partial charge in [-0.25, -0.2) is 4.39 Å². The molecule has 15 heavy (non-hydrogen) atoms. The molecule has 1 fully saturated rings. The molecule has 0 amide bonds. The van der Waals surface area contributed by atoms with Crippen molar-refractivity contribution < 1.29 is 9.50 Å².